The van der Waals surface area contributed by atoms with Gasteiger partial charge >= 0.3 is 12.2 Å². The molecule has 2 aromatic rings. The Morgan fingerprint density at radius 1 is 1.31 bits per heavy atom. The Kier molecular flexibility index (Phi) is 5.09. The van der Waals surface area contributed by atoms with Crippen molar-refractivity contribution in [1.82, 2.24) is 10.2 Å². The van der Waals surface area contributed by atoms with E-state index in [1.54, 1.807) is 0 Å². The molecule has 0 aliphatic carbocycles. The molecule has 1 aromatic heterocycles. The van der Waals surface area contributed by atoms with E-state index >= 15 is 0 Å². The van der Waals surface area contributed by atoms with Gasteiger partial charge in [0.2, 0.25) is 0 Å². The van der Waals surface area contributed by atoms with E-state index in [1.165, 1.54) is 17.5 Å². The van der Waals surface area contributed by atoms with Gasteiger partial charge in [-0.1, -0.05) is 18.2 Å². The Morgan fingerprint density at radius 2 is 1.93 bits per heavy atom. The van der Waals surface area contributed by atoms with E-state index in [1.807, 2.05) is 0 Å². The predicted molar refractivity (Wildman–Crippen MR) is 95.3 cm³/mol. The maximum absolute atomic E-state index is 14.0. The molecule has 1 aromatic carbocycles. The molecule has 0 saturated carbocycles. The van der Waals surface area contributed by atoms with Gasteiger partial charge in [-0.05, 0) is 17.0 Å². The van der Waals surface area contributed by atoms with Gasteiger partial charge in [-0.2, -0.15) is 13.2 Å². The van der Waals surface area contributed by atoms with Crippen LogP contribution in [-0.4, -0.2) is 45.7 Å². The fraction of sp³-hybridized carbons (Fsp3) is 0.294. The number of nitrogens with one attached hydrogen (secondary N) is 1. The molecule has 1 fully saturated rings. The number of carbonyl (C=O) groups excluding carboxylic acids is 2. The van der Waals surface area contributed by atoms with Crippen LogP contribution in [0.4, 0.5) is 23.7 Å². The molecule has 0 unspecified atom stereocenters. The molecule has 2 N–H and O–H groups in total. The summed E-state index contributed by atoms with van der Waals surface area (Å²) in [4.78, 5) is 35.4. The molecule has 3 rings (SSSR count). The third-order valence-corrected chi connectivity index (χ3v) is 5.67. The number of benzene rings is 1. The topological polar surface area (TPSA) is 113 Å². The number of carbonyl (C=O) groups is 2. The highest BCUT2D eigenvalue weighted by Gasteiger charge is 2.69. The highest BCUT2D eigenvalue weighted by atomic mass is 32.1. The van der Waals surface area contributed by atoms with Gasteiger partial charge in [-0.3, -0.25) is 19.8 Å². The van der Waals surface area contributed by atoms with Gasteiger partial charge in [-0.15, -0.1) is 11.3 Å². The smallest absolute Gasteiger partial charge is 0.363 e. The SMILES string of the molecule is CN1C(=O)N[C@H](c2ccc([N+](=O)[O-])cc2)[C@H](C(=O)c2cccs2)[C@]1(O)C(F)(F)F. The first-order chi connectivity index (χ1) is 13.5. The highest BCUT2D eigenvalue weighted by molar-refractivity contribution is 7.12. The second-order valence-corrected chi connectivity index (χ2v) is 7.33. The third-order valence-electron chi connectivity index (χ3n) is 4.79. The number of nitro groups is 1. The van der Waals surface area contributed by atoms with E-state index in [0.717, 1.165) is 42.6 Å². The first-order valence-electron chi connectivity index (χ1n) is 8.14. The van der Waals surface area contributed by atoms with Gasteiger partial charge < -0.3 is 10.4 Å². The van der Waals surface area contributed by atoms with Crippen LogP contribution in [0.2, 0.25) is 0 Å². The highest BCUT2D eigenvalue weighted by Crippen LogP contribution is 2.47. The first-order valence-corrected chi connectivity index (χ1v) is 9.02. The molecule has 3 atom stereocenters. The summed E-state index contributed by atoms with van der Waals surface area (Å²) in [5.74, 6) is -3.17. The summed E-state index contributed by atoms with van der Waals surface area (Å²) in [5, 5.41) is 25.3. The average molecular weight is 429 g/mol. The molecule has 1 saturated heterocycles. The zero-order valence-electron chi connectivity index (χ0n) is 14.7. The van der Waals surface area contributed by atoms with Crippen molar-refractivity contribution < 1.29 is 32.8 Å². The quantitative estimate of drug-likeness (QED) is 0.441. The molecule has 1 aliphatic heterocycles. The maximum Gasteiger partial charge on any atom is 0.437 e. The van der Waals surface area contributed by atoms with E-state index in [9.17, 15) is 38.0 Å². The van der Waals surface area contributed by atoms with E-state index in [-0.39, 0.29) is 21.0 Å². The van der Waals surface area contributed by atoms with Crippen molar-refractivity contribution in [3.05, 3.63) is 62.3 Å². The first kappa shape index (κ1) is 20.7. The van der Waals surface area contributed by atoms with Crippen molar-refractivity contribution in [2.24, 2.45) is 5.92 Å². The van der Waals surface area contributed by atoms with Gasteiger partial charge in [-0.25, -0.2) is 4.79 Å². The zero-order chi connectivity index (χ0) is 21.6. The van der Waals surface area contributed by atoms with Gasteiger partial charge in [0.15, 0.2) is 5.78 Å². The van der Waals surface area contributed by atoms with Gasteiger partial charge in [0, 0.05) is 19.2 Å². The normalized spacial score (nSPS) is 24.9. The number of Topliss-reactive ketones (excluding diaryl/α,β-unsaturated/α-hetero) is 1. The Balaban J connectivity index is 2.17. The Hall–Kier alpha value is -2.99. The molecule has 154 valence electrons. The molecule has 8 nitrogen and oxygen atoms in total. The van der Waals surface area contributed by atoms with Gasteiger partial charge in [0.05, 0.1) is 15.8 Å². The summed E-state index contributed by atoms with van der Waals surface area (Å²) in [6, 6.07) is 4.32. The third kappa shape index (κ3) is 3.34. The minimum absolute atomic E-state index is 0.00892. The van der Waals surface area contributed by atoms with Crippen LogP contribution in [0.1, 0.15) is 21.3 Å². The second kappa shape index (κ2) is 7.12. The molecular weight excluding hydrogens is 415 g/mol. The molecule has 1 aliphatic rings. The van der Waals surface area contributed by atoms with E-state index < -0.39 is 40.6 Å². The molecule has 0 spiro atoms. The minimum Gasteiger partial charge on any atom is -0.363 e. The molecule has 12 heteroatoms. The minimum atomic E-state index is -5.35. The number of ketones is 1. The number of amides is 2. The Morgan fingerprint density at radius 3 is 2.41 bits per heavy atom. The zero-order valence-corrected chi connectivity index (χ0v) is 15.5. The number of alkyl halides is 3. The number of rotatable bonds is 4. The van der Waals surface area contributed by atoms with Crippen molar-refractivity contribution >= 4 is 28.8 Å². The lowest BCUT2D eigenvalue weighted by Gasteiger charge is -2.49. The van der Waals surface area contributed by atoms with Gasteiger partial charge in [0.1, 0.15) is 5.92 Å². The summed E-state index contributed by atoms with van der Waals surface area (Å²) in [7, 11) is 0.740. The number of hydrogen-bond acceptors (Lipinski definition) is 6. The monoisotopic (exact) mass is 429 g/mol. The number of non-ortho nitro benzene ring substituents is 1. The predicted octanol–water partition coefficient (Wildman–Crippen LogP) is 3.10. The number of thiophene rings is 1. The van der Waals surface area contributed by atoms with Crippen molar-refractivity contribution in [3.63, 3.8) is 0 Å². The van der Waals surface area contributed by atoms with Crippen LogP contribution in [0.3, 0.4) is 0 Å². The van der Waals surface area contributed by atoms with Crippen LogP contribution in [-0.2, 0) is 0 Å². The van der Waals surface area contributed by atoms with Crippen LogP contribution in [0.25, 0.3) is 0 Å². The molecule has 2 amide bonds. The summed E-state index contributed by atoms with van der Waals surface area (Å²) in [6.45, 7) is 0. The van der Waals surface area contributed by atoms with Crippen LogP contribution < -0.4 is 5.32 Å². The summed E-state index contributed by atoms with van der Waals surface area (Å²) in [5.41, 5.74) is -4.10. The largest absolute Gasteiger partial charge is 0.437 e. The fourth-order valence-electron chi connectivity index (χ4n) is 3.26. The molecule has 0 bridgehead atoms. The number of aliphatic hydroxyl groups is 1. The van der Waals surface area contributed by atoms with Crippen molar-refractivity contribution in [3.8, 4) is 0 Å². The number of nitro benzene ring substituents is 1. The maximum atomic E-state index is 14.0. The van der Waals surface area contributed by atoms with E-state index in [4.69, 9.17) is 0 Å². The summed E-state index contributed by atoms with van der Waals surface area (Å²) >= 11 is 0.893. The molecule has 2 heterocycles. The standard InChI is InChI=1S/C17H14F3N3O5S/c1-22-15(25)21-13(9-4-6-10(7-5-9)23(27)28)12(16(22,26)17(18,19)20)14(24)11-3-2-8-29-11/h2-8,12-13,26H,1H3,(H,21,25)/t12-,13-,16+/m1/s1. The Bertz CT molecular complexity index is 948. The fourth-order valence-corrected chi connectivity index (χ4v) is 3.96. The van der Waals surface area contributed by atoms with E-state index in [0.29, 0.717) is 0 Å². The Labute approximate surface area is 165 Å². The number of nitrogens with zero attached hydrogens (tertiary/aromatic N) is 2. The van der Waals surface area contributed by atoms with E-state index in [2.05, 4.69) is 5.32 Å². The molecule has 29 heavy (non-hydrogen) atoms. The molecule has 0 radical (unpaired) electrons. The van der Waals surface area contributed by atoms with Crippen LogP contribution in [0, 0.1) is 16.0 Å². The van der Waals surface area contributed by atoms with Crippen molar-refractivity contribution in [1.29, 1.82) is 0 Å². The van der Waals surface area contributed by atoms with Crippen LogP contribution in [0.5, 0.6) is 0 Å². The number of hydrogen-bond donors (Lipinski definition) is 2. The average Bonchev–Trinajstić information content (AvgIpc) is 3.19. The van der Waals surface area contributed by atoms with Gasteiger partial charge in [0.25, 0.3) is 11.4 Å². The van der Waals surface area contributed by atoms with Crippen LogP contribution >= 0.6 is 11.3 Å². The summed E-state index contributed by atoms with van der Waals surface area (Å²) in [6.07, 6.45) is -5.35. The number of halogens is 3. The lowest BCUT2D eigenvalue weighted by atomic mass is 9.78. The van der Waals surface area contributed by atoms with Crippen LogP contribution in [0.15, 0.2) is 41.8 Å². The summed E-state index contributed by atoms with van der Waals surface area (Å²) < 4.78 is 41.9. The second-order valence-electron chi connectivity index (χ2n) is 6.38. The molecular formula is C17H14F3N3O5S. The number of urea groups is 1. The van der Waals surface area contributed by atoms with Crippen molar-refractivity contribution in [2.45, 2.75) is 17.9 Å². The van der Waals surface area contributed by atoms with Crippen molar-refractivity contribution in [2.75, 3.05) is 7.05 Å². The lowest BCUT2D eigenvalue weighted by molar-refractivity contribution is -0.384. The lowest BCUT2D eigenvalue weighted by Crippen LogP contribution is -2.72.